The zero-order valence-corrected chi connectivity index (χ0v) is 13.6. The van der Waals surface area contributed by atoms with Gasteiger partial charge in [-0.05, 0) is 41.9 Å². The summed E-state index contributed by atoms with van der Waals surface area (Å²) in [6.45, 7) is 5.56. The number of hydrogen-bond acceptors (Lipinski definition) is 2. The van der Waals surface area contributed by atoms with Crippen LogP contribution in [0.4, 0.5) is 0 Å². The summed E-state index contributed by atoms with van der Waals surface area (Å²) in [6.07, 6.45) is 1.85. The van der Waals surface area contributed by atoms with E-state index < -0.39 is 0 Å². The van der Waals surface area contributed by atoms with E-state index >= 15 is 0 Å². The van der Waals surface area contributed by atoms with E-state index in [-0.39, 0.29) is 5.43 Å². The molecule has 0 radical (unpaired) electrons. The van der Waals surface area contributed by atoms with Gasteiger partial charge >= 0.3 is 0 Å². The second kappa shape index (κ2) is 5.48. The molecular weight excluding hydrogens is 330 g/mol. The standard InChI is InChI=1S/C16H16BrN3O/c1-3-20-14(16(17)11(2)18-20)10-19-9-8-15(21)12-6-4-5-7-13(12)19/h4-9H,3,10H2,1-2H3. The highest BCUT2D eigenvalue weighted by Gasteiger charge is 2.13. The first-order chi connectivity index (χ1) is 10.1. The fraction of sp³-hybridized carbons (Fsp3) is 0.250. The fourth-order valence-corrected chi connectivity index (χ4v) is 2.99. The molecule has 3 aromatic rings. The zero-order valence-electron chi connectivity index (χ0n) is 12.0. The SMILES string of the molecule is CCn1nc(C)c(Br)c1Cn1ccc(=O)c2ccccc21. The molecule has 2 heterocycles. The van der Waals surface area contributed by atoms with Crippen LogP contribution in [0, 0.1) is 6.92 Å². The van der Waals surface area contributed by atoms with Gasteiger partial charge in [0.15, 0.2) is 5.43 Å². The van der Waals surface area contributed by atoms with Crippen molar-refractivity contribution < 1.29 is 0 Å². The van der Waals surface area contributed by atoms with Crippen LogP contribution in [-0.2, 0) is 13.1 Å². The van der Waals surface area contributed by atoms with Crippen LogP contribution in [0.2, 0.25) is 0 Å². The third kappa shape index (κ3) is 2.42. The lowest BCUT2D eigenvalue weighted by Crippen LogP contribution is -2.12. The lowest BCUT2D eigenvalue weighted by molar-refractivity contribution is 0.600. The van der Waals surface area contributed by atoms with Crippen molar-refractivity contribution in [2.45, 2.75) is 26.9 Å². The number of aromatic nitrogens is 3. The van der Waals surface area contributed by atoms with Crippen LogP contribution in [0.15, 0.2) is 45.8 Å². The minimum absolute atomic E-state index is 0.0566. The molecule has 0 spiro atoms. The molecule has 3 rings (SSSR count). The summed E-state index contributed by atoms with van der Waals surface area (Å²) >= 11 is 3.62. The molecule has 1 aromatic carbocycles. The highest BCUT2D eigenvalue weighted by molar-refractivity contribution is 9.10. The van der Waals surface area contributed by atoms with E-state index in [0.29, 0.717) is 6.54 Å². The monoisotopic (exact) mass is 345 g/mol. The van der Waals surface area contributed by atoms with Gasteiger partial charge in [0, 0.05) is 24.2 Å². The molecule has 4 nitrogen and oxygen atoms in total. The van der Waals surface area contributed by atoms with Gasteiger partial charge in [-0.15, -0.1) is 0 Å². The predicted molar refractivity (Wildman–Crippen MR) is 87.6 cm³/mol. The molecule has 5 heteroatoms. The summed E-state index contributed by atoms with van der Waals surface area (Å²) in [4.78, 5) is 11.9. The van der Waals surface area contributed by atoms with Gasteiger partial charge in [-0.25, -0.2) is 0 Å². The number of para-hydroxylation sites is 1. The van der Waals surface area contributed by atoms with E-state index in [1.165, 1.54) is 0 Å². The number of aryl methyl sites for hydroxylation is 2. The normalized spacial score (nSPS) is 11.2. The highest BCUT2D eigenvalue weighted by atomic mass is 79.9. The molecule has 0 saturated heterocycles. The van der Waals surface area contributed by atoms with Gasteiger partial charge in [-0.3, -0.25) is 9.48 Å². The molecule has 0 unspecified atom stereocenters. The number of pyridine rings is 1. The van der Waals surface area contributed by atoms with Crippen molar-refractivity contribution >= 4 is 26.8 Å². The number of benzene rings is 1. The highest BCUT2D eigenvalue weighted by Crippen LogP contribution is 2.23. The van der Waals surface area contributed by atoms with Crippen molar-refractivity contribution in [1.82, 2.24) is 14.3 Å². The first-order valence-electron chi connectivity index (χ1n) is 6.91. The molecule has 0 saturated carbocycles. The van der Waals surface area contributed by atoms with E-state index in [1.54, 1.807) is 6.07 Å². The molecule has 0 aliphatic carbocycles. The van der Waals surface area contributed by atoms with Crippen molar-refractivity contribution in [2.24, 2.45) is 0 Å². The van der Waals surface area contributed by atoms with Crippen molar-refractivity contribution in [3.63, 3.8) is 0 Å². The minimum atomic E-state index is 0.0566. The number of nitrogens with zero attached hydrogens (tertiary/aromatic N) is 3. The summed E-state index contributed by atoms with van der Waals surface area (Å²) in [5, 5.41) is 5.26. The molecule has 0 aliphatic rings. The van der Waals surface area contributed by atoms with Gasteiger partial charge in [0.2, 0.25) is 0 Å². The predicted octanol–water partition coefficient (Wildman–Crippen LogP) is 3.34. The fourth-order valence-electron chi connectivity index (χ4n) is 2.58. The molecule has 21 heavy (non-hydrogen) atoms. The second-order valence-electron chi connectivity index (χ2n) is 4.99. The van der Waals surface area contributed by atoms with Crippen LogP contribution < -0.4 is 5.43 Å². The van der Waals surface area contributed by atoms with Crippen molar-refractivity contribution in [3.8, 4) is 0 Å². The second-order valence-corrected chi connectivity index (χ2v) is 5.78. The summed E-state index contributed by atoms with van der Waals surface area (Å²) in [5.41, 5.74) is 3.10. The van der Waals surface area contributed by atoms with E-state index in [2.05, 4.69) is 32.5 Å². The number of halogens is 1. The van der Waals surface area contributed by atoms with Crippen molar-refractivity contribution in [2.75, 3.05) is 0 Å². The molecule has 0 N–H and O–H groups in total. The Morgan fingerprint density at radius 3 is 2.76 bits per heavy atom. The Morgan fingerprint density at radius 1 is 1.24 bits per heavy atom. The summed E-state index contributed by atoms with van der Waals surface area (Å²) < 4.78 is 5.11. The topological polar surface area (TPSA) is 39.8 Å². The van der Waals surface area contributed by atoms with Crippen LogP contribution in [0.1, 0.15) is 18.3 Å². The summed E-state index contributed by atoms with van der Waals surface area (Å²) in [7, 11) is 0. The smallest absolute Gasteiger partial charge is 0.189 e. The van der Waals surface area contributed by atoms with E-state index in [0.717, 1.165) is 33.3 Å². The van der Waals surface area contributed by atoms with Crippen LogP contribution in [0.3, 0.4) is 0 Å². The van der Waals surface area contributed by atoms with Gasteiger partial charge in [0.1, 0.15) is 0 Å². The zero-order chi connectivity index (χ0) is 15.0. The van der Waals surface area contributed by atoms with E-state index in [4.69, 9.17) is 0 Å². The molecule has 0 fully saturated rings. The van der Waals surface area contributed by atoms with E-state index in [9.17, 15) is 4.79 Å². The Hall–Kier alpha value is -1.88. The molecule has 0 amide bonds. The first-order valence-corrected chi connectivity index (χ1v) is 7.71. The largest absolute Gasteiger partial charge is 0.341 e. The van der Waals surface area contributed by atoms with Crippen LogP contribution in [0.25, 0.3) is 10.9 Å². The maximum atomic E-state index is 11.9. The number of rotatable bonds is 3. The van der Waals surface area contributed by atoms with Gasteiger partial charge < -0.3 is 4.57 Å². The maximum absolute atomic E-state index is 11.9. The van der Waals surface area contributed by atoms with Crippen LogP contribution in [-0.4, -0.2) is 14.3 Å². The van der Waals surface area contributed by atoms with Crippen molar-refractivity contribution in [1.29, 1.82) is 0 Å². The Labute approximate surface area is 131 Å². The summed E-state index contributed by atoms with van der Waals surface area (Å²) in [6, 6.07) is 9.31. The maximum Gasteiger partial charge on any atom is 0.189 e. The van der Waals surface area contributed by atoms with E-state index in [1.807, 2.05) is 42.1 Å². The quantitative estimate of drug-likeness (QED) is 0.730. The third-order valence-electron chi connectivity index (χ3n) is 3.66. The average Bonchev–Trinajstić information content (AvgIpc) is 2.78. The lowest BCUT2D eigenvalue weighted by Gasteiger charge is -2.12. The molecule has 0 aliphatic heterocycles. The molecular formula is C16H16BrN3O. The van der Waals surface area contributed by atoms with Crippen LogP contribution in [0.5, 0.6) is 0 Å². The summed E-state index contributed by atoms with van der Waals surface area (Å²) in [5.74, 6) is 0. The first kappa shape index (κ1) is 14.1. The van der Waals surface area contributed by atoms with Gasteiger partial charge in [0.25, 0.3) is 0 Å². The Bertz CT molecular complexity index is 864. The molecule has 2 aromatic heterocycles. The van der Waals surface area contributed by atoms with Gasteiger partial charge in [-0.1, -0.05) is 12.1 Å². The van der Waals surface area contributed by atoms with Crippen LogP contribution >= 0.6 is 15.9 Å². The van der Waals surface area contributed by atoms with Crippen molar-refractivity contribution in [3.05, 3.63) is 62.6 Å². The Balaban J connectivity index is 2.15. The number of fused-ring (bicyclic) bond motifs is 1. The lowest BCUT2D eigenvalue weighted by atomic mass is 10.2. The molecule has 108 valence electrons. The van der Waals surface area contributed by atoms with Gasteiger partial charge in [0.05, 0.1) is 27.9 Å². The average molecular weight is 346 g/mol. The number of hydrogen-bond donors (Lipinski definition) is 0. The molecule has 0 bridgehead atoms. The minimum Gasteiger partial charge on any atom is -0.341 e. The third-order valence-corrected chi connectivity index (χ3v) is 4.69. The van der Waals surface area contributed by atoms with Gasteiger partial charge in [-0.2, -0.15) is 5.10 Å². The Morgan fingerprint density at radius 2 is 2.00 bits per heavy atom. The Kier molecular flexibility index (Phi) is 3.68. The molecule has 0 atom stereocenters.